The van der Waals surface area contributed by atoms with Gasteiger partial charge in [-0.25, -0.2) is 0 Å². The molecule has 12 heavy (non-hydrogen) atoms. The lowest BCUT2D eigenvalue weighted by molar-refractivity contribution is 1.45. The largest absolute Gasteiger partial charge is 0.399 e. The summed E-state index contributed by atoms with van der Waals surface area (Å²) in [7, 11) is 0. The lowest BCUT2D eigenvalue weighted by atomic mass is 10.1. The van der Waals surface area contributed by atoms with Crippen molar-refractivity contribution >= 4 is 21.6 Å². The first-order chi connectivity index (χ1) is 5.72. The van der Waals surface area contributed by atoms with Crippen molar-refractivity contribution in [2.75, 3.05) is 11.1 Å². The second kappa shape index (κ2) is 4.18. The molecule has 0 heterocycles. The van der Waals surface area contributed by atoms with E-state index in [-0.39, 0.29) is 0 Å². The Hall–Kier alpha value is -0.940. The van der Waals surface area contributed by atoms with E-state index in [2.05, 4.69) is 27.8 Å². The lowest BCUT2D eigenvalue weighted by Crippen LogP contribution is -1.87. The molecule has 0 aromatic heterocycles. The molecule has 0 aliphatic heterocycles. The lowest BCUT2D eigenvalue weighted by Gasteiger charge is -1.97. The van der Waals surface area contributed by atoms with Gasteiger partial charge in [0.05, 0.1) is 5.33 Å². The topological polar surface area (TPSA) is 26.0 Å². The van der Waals surface area contributed by atoms with Crippen LogP contribution in [-0.4, -0.2) is 5.33 Å². The number of aryl methyl sites for hydroxylation is 1. The molecule has 0 saturated heterocycles. The van der Waals surface area contributed by atoms with Crippen LogP contribution in [0, 0.1) is 18.8 Å². The molecule has 1 rings (SSSR count). The molecule has 0 radical (unpaired) electrons. The van der Waals surface area contributed by atoms with E-state index in [1.165, 1.54) is 0 Å². The Kier molecular flexibility index (Phi) is 3.19. The van der Waals surface area contributed by atoms with Gasteiger partial charge in [-0.15, -0.1) is 0 Å². The first-order valence-corrected chi connectivity index (χ1v) is 4.76. The number of rotatable bonds is 0. The van der Waals surface area contributed by atoms with Crippen molar-refractivity contribution in [2.45, 2.75) is 6.92 Å². The highest BCUT2D eigenvalue weighted by atomic mass is 79.9. The smallest absolute Gasteiger partial charge is 0.0649 e. The fourth-order valence-electron chi connectivity index (χ4n) is 1.02. The van der Waals surface area contributed by atoms with Crippen molar-refractivity contribution in [3.63, 3.8) is 0 Å². The molecule has 0 unspecified atom stereocenters. The normalized spacial score (nSPS) is 8.83. The molecule has 0 spiro atoms. The van der Waals surface area contributed by atoms with Gasteiger partial charge in [-0.1, -0.05) is 27.8 Å². The van der Waals surface area contributed by atoms with Crippen LogP contribution in [0.4, 0.5) is 5.69 Å². The van der Waals surface area contributed by atoms with Crippen LogP contribution in [0.5, 0.6) is 0 Å². The minimum Gasteiger partial charge on any atom is -0.399 e. The number of hydrogen-bond donors (Lipinski definition) is 1. The standard InChI is InChI=1S/C10H10BrN/c1-8-5-9(3-2-4-11)7-10(12)6-8/h5-7H,4,12H2,1H3. The van der Waals surface area contributed by atoms with Gasteiger partial charge in [-0.05, 0) is 30.7 Å². The van der Waals surface area contributed by atoms with E-state index in [0.29, 0.717) is 5.33 Å². The summed E-state index contributed by atoms with van der Waals surface area (Å²) in [5.74, 6) is 5.93. The number of anilines is 1. The fraction of sp³-hybridized carbons (Fsp3) is 0.200. The minimum atomic E-state index is 0.695. The van der Waals surface area contributed by atoms with Crippen LogP contribution < -0.4 is 5.73 Å². The summed E-state index contributed by atoms with van der Waals surface area (Å²) in [4.78, 5) is 0. The zero-order valence-electron chi connectivity index (χ0n) is 6.89. The molecule has 1 nitrogen and oxygen atoms in total. The molecule has 0 saturated carbocycles. The number of hydrogen-bond acceptors (Lipinski definition) is 1. The number of halogens is 1. The number of benzene rings is 1. The molecule has 1 aromatic carbocycles. The van der Waals surface area contributed by atoms with E-state index in [0.717, 1.165) is 16.8 Å². The van der Waals surface area contributed by atoms with Crippen LogP contribution >= 0.6 is 15.9 Å². The van der Waals surface area contributed by atoms with Gasteiger partial charge in [0.1, 0.15) is 0 Å². The van der Waals surface area contributed by atoms with Crippen molar-refractivity contribution in [2.24, 2.45) is 0 Å². The van der Waals surface area contributed by atoms with Gasteiger partial charge in [-0.3, -0.25) is 0 Å². The average molecular weight is 224 g/mol. The summed E-state index contributed by atoms with van der Waals surface area (Å²) in [5.41, 5.74) is 8.55. The van der Waals surface area contributed by atoms with Crippen LogP contribution in [0.3, 0.4) is 0 Å². The second-order valence-corrected chi connectivity index (χ2v) is 3.13. The summed E-state index contributed by atoms with van der Waals surface area (Å²) in [6.07, 6.45) is 0. The molecular formula is C10H10BrN. The van der Waals surface area contributed by atoms with Gasteiger partial charge in [0.2, 0.25) is 0 Å². The Labute approximate surface area is 81.1 Å². The maximum absolute atomic E-state index is 5.65. The van der Waals surface area contributed by atoms with Crippen LogP contribution in [0.2, 0.25) is 0 Å². The molecule has 0 atom stereocenters. The second-order valence-electron chi connectivity index (χ2n) is 2.57. The number of nitrogens with two attached hydrogens (primary N) is 1. The van der Waals surface area contributed by atoms with Gasteiger partial charge in [0.25, 0.3) is 0 Å². The van der Waals surface area contributed by atoms with Crippen molar-refractivity contribution < 1.29 is 0 Å². The Bertz CT molecular complexity index is 313. The Morgan fingerprint density at radius 2 is 2.17 bits per heavy atom. The van der Waals surface area contributed by atoms with Crippen LogP contribution in [-0.2, 0) is 0 Å². The minimum absolute atomic E-state index is 0.695. The van der Waals surface area contributed by atoms with E-state index in [1.807, 2.05) is 25.1 Å². The number of alkyl halides is 1. The van der Waals surface area contributed by atoms with E-state index in [1.54, 1.807) is 0 Å². The van der Waals surface area contributed by atoms with Gasteiger partial charge < -0.3 is 5.73 Å². The van der Waals surface area contributed by atoms with Crippen molar-refractivity contribution in [1.82, 2.24) is 0 Å². The van der Waals surface area contributed by atoms with Crippen molar-refractivity contribution in [3.8, 4) is 11.8 Å². The Morgan fingerprint density at radius 1 is 1.42 bits per heavy atom. The van der Waals surface area contributed by atoms with Gasteiger partial charge >= 0.3 is 0 Å². The summed E-state index contributed by atoms with van der Waals surface area (Å²) < 4.78 is 0. The third-order valence-electron chi connectivity index (χ3n) is 1.40. The summed E-state index contributed by atoms with van der Waals surface area (Å²) in [6, 6.07) is 5.83. The summed E-state index contributed by atoms with van der Waals surface area (Å²) in [5, 5.41) is 0.695. The Balaban J connectivity index is 3.01. The fourth-order valence-corrected chi connectivity index (χ4v) is 1.16. The molecule has 62 valence electrons. The predicted molar refractivity (Wildman–Crippen MR) is 56.3 cm³/mol. The zero-order valence-corrected chi connectivity index (χ0v) is 8.48. The quantitative estimate of drug-likeness (QED) is 0.408. The third kappa shape index (κ3) is 2.60. The van der Waals surface area contributed by atoms with Crippen LogP contribution in [0.1, 0.15) is 11.1 Å². The maximum Gasteiger partial charge on any atom is 0.0649 e. The Morgan fingerprint density at radius 3 is 2.75 bits per heavy atom. The van der Waals surface area contributed by atoms with Gasteiger partial charge in [-0.2, -0.15) is 0 Å². The van der Waals surface area contributed by atoms with Gasteiger partial charge in [0.15, 0.2) is 0 Å². The van der Waals surface area contributed by atoms with E-state index < -0.39 is 0 Å². The molecule has 0 aliphatic rings. The third-order valence-corrected chi connectivity index (χ3v) is 1.68. The van der Waals surface area contributed by atoms with Gasteiger partial charge in [0, 0.05) is 11.3 Å². The SMILES string of the molecule is Cc1cc(N)cc(C#CCBr)c1. The molecule has 2 N–H and O–H groups in total. The molecule has 0 fully saturated rings. The van der Waals surface area contributed by atoms with E-state index in [9.17, 15) is 0 Å². The van der Waals surface area contributed by atoms with E-state index in [4.69, 9.17) is 5.73 Å². The van der Waals surface area contributed by atoms with Crippen LogP contribution in [0.25, 0.3) is 0 Å². The molecule has 0 amide bonds. The molecular weight excluding hydrogens is 214 g/mol. The number of nitrogen functional groups attached to an aromatic ring is 1. The highest BCUT2D eigenvalue weighted by molar-refractivity contribution is 9.09. The average Bonchev–Trinajstić information content (AvgIpc) is 1.99. The molecule has 1 aromatic rings. The van der Waals surface area contributed by atoms with Crippen molar-refractivity contribution in [1.29, 1.82) is 0 Å². The first kappa shape index (κ1) is 9.15. The monoisotopic (exact) mass is 223 g/mol. The highest BCUT2D eigenvalue weighted by Crippen LogP contribution is 2.09. The first-order valence-electron chi connectivity index (χ1n) is 3.64. The maximum atomic E-state index is 5.65. The van der Waals surface area contributed by atoms with Crippen LogP contribution in [0.15, 0.2) is 18.2 Å². The highest BCUT2D eigenvalue weighted by Gasteiger charge is 1.91. The van der Waals surface area contributed by atoms with E-state index >= 15 is 0 Å². The van der Waals surface area contributed by atoms with Crippen molar-refractivity contribution in [3.05, 3.63) is 29.3 Å². The summed E-state index contributed by atoms with van der Waals surface area (Å²) in [6.45, 7) is 2.01. The predicted octanol–water partition coefficient (Wildman–Crippen LogP) is 2.32. The molecule has 0 bridgehead atoms. The molecule has 0 aliphatic carbocycles. The molecule has 2 heteroatoms. The summed E-state index contributed by atoms with van der Waals surface area (Å²) >= 11 is 3.24. The zero-order chi connectivity index (χ0) is 8.97.